The molecule has 0 spiro atoms. The number of hydrogen-bond donors (Lipinski definition) is 1. The molecule has 1 aromatic heterocycles. The maximum atomic E-state index is 12.2. The SMILES string of the molecule is O=S(=O)(CC1CCCCC1)NC[C@H]1CCn2ccnc2C1. The molecule has 1 fully saturated rings. The van der Waals surface area contributed by atoms with E-state index in [4.69, 9.17) is 0 Å². The molecular weight excluding hydrogens is 286 g/mol. The van der Waals surface area contributed by atoms with Crippen molar-refractivity contribution in [2.24, 2.45) is 11.8 Å². The molecule has 2 heterocycles. The predicted molar refractivity (Wildman–Crippen MR) is 82.4 cm³/mol. The van der Waals surface area contributed by atoms with Crippen LogP contribution in [0.3, 0.4) is 0 Å². The Hall–Kier alpha value is -0.880. The van der Waals surface area contributed by atoms with Crippen LogP contribution in [0.5, 0.6) is 0 Å². The molecular formula is C15H25N3O2S. The van der Waals surface area contributed by atoms with Gasteiger partial charge in [0.1, 0.15) is 5.82 Å². The van der Waals surface area contributed by atoms with Crippen molar-refractivity contribution >= 4 is 10.0 Å². The van der Waals surface area contributed by atoms with Crippen LogP contribution in [0, 0.1) is 11.8 Å². The first-order chi connectivity index (χ1) is 10.1. The zero-order valence-corrected chi connectivity index (χ0v) is 13.3. The van der Waals surface area contributed by atoms with Crippen LogP contribution < -0.4 is 4.72 Å². The maximum absolute atomic E-state index is 12.2. The van der Waals surface area contributed by atoms with E-state index in [9.17, 15) is 8.42 Å². The predicted octanol–water partition coefficient (Wildman–Crippen LogP) is 1.95. The van der Waals surface area contributed by atoms with Crippen molar-refractivity contribution < 1.29 is 8.42 Å². The van der Waals surface area contributed by atoms with Crippen LogP contribution in [0.1, 0.15) is 44.3 Å². The number of hydrogen-bond acceptors (Lipinski definition) is 3. The largest absolute Gasteiger partial charge is 0.335 e. The number of fused-ring (bicyclic) bond motifs is 1. The van der Waals surface area contributed by atoms with Gasteiger partial charge in [-0.15, -0.1) is 0 Å². The van der Waals surface area contributed by atoms with Gasteiger partial charge in [-0.25, -0.2) is 18.1 Å². The number of nitrogens with zero attached hydrogens (tertiary/aromatic N) is 2. The molecule has 3 rings (SSSR count). The molecule has 1 aliphatic carbocycles. The Bertz CT molecular complexity index is 561. The average molecular weight is 311 g/mol. The molecule has 118 valence electrons. The summed E-state index contributed by atoms with van der Waals surface area (Å²) in [6.45, 7) is 1.51. The fourth-order valence-corrected chi connectivity index (χ4v) is 5.12. The van der Waals surface area contributed by atoms with Gasteiger partial charge in [0, 0.05) is 31.9 Å². The summed E-state index contributed by atoms with van der Waals surface area (Å²) in [4.78, 5) is 4.33. The fraction of sp³-hybridized carbons (Fsp3) is 0.800. The highest BCUT2D eigenvalue weighted by Crippen LogP contribution is 2.25. The summed E-state index contributed by atoms with van der Waals surface area (Å²) < 4.78 is 29.4. The van der Waals surface area contributed by atoms with Crippen molar-refractivity contribution in [1.29, 1.82) is 0 Å². The third-order valence-corrected chi connectivity index (χ3v) is 6.34. The van der Waals surface area contributed by atoms with Gasteiger partial charge in [0.25, 0.3) is 0 Å². The molecule has 1 saturated carbocycles. The maximum Gasteiger partial charge on any atom is 0.211 e. The van der Waals surface area contributed by atoms with Crippen molar-refractivity contribution in [1.82, 2.24) is 14.3 Å². The van der Waals surface area contributed by atoms with Crippen molar-refractivity contribution in [3.8, 4) is 0 Å². The number of aryl methyl sites for hydroxylation is 1. The second-order valence-electron chi connectivity index (χ2n) is 6.53. The molecule has 0 unspecified atom stereocenters. The Morgan fingerprint density at radius 1 is 1.19 bits per heavy atom. The van der Waals surface area contributed by atoms with Gasteiger partial charge in [-0.2, -0.15) is 0 Å². The molecule has 1 N–H and O–H groups in total. The molecule has 6 heteroatoms. The lowest BCUT2D eigenvalue weighted by Gasteiger charge is -2.25. The van der Waals surface area contributed by atoms with Gasteiger partial charge in [-0.05, 0) is 31.1 Å². The summed E-state index contributed by atoms with van der Waals surface area (Å²) in [7, 11) is -3.12. The molecule has 0 bridgehead atoms. The third-order valence-electron chi connectivity index (χ3n) is 4.82. The molecule has 1 aliphatic heterocycles. The summed E-state index contributed by atoms with van der Waals surface area (Å²) in [6.07, 6.45) is 11.5. The summed E-state index contributed by atoms with van der Waals surface area (Å²) in [6, 6.07) is 0. The minimum atomic E-state index is -3.12. The van der Waals surface area contributed by atoms with E-state index in [2.05, 4.69) is 14.3 Å². The van der Waals surface area contributed by atoms with Crippen LogP contribution in [-0.4, -0.2) is 30.3 Å². The number of rotatable bonds is 5. The minimum absolute atomic E-state index is 0.314. The van der Waals surface area contributed by atoms with E-state index in [1.165, 1.54) is 19.3 Å². The number of sulfonamides is 1. The summed E-state index contributed by atoms with van der Waals surface area (Å²) in [5, 5.41) is 0. The van der Waals surface area contributed by atoms with E-state index in [1.807, 2.05) is 12.4 Å². The first kappa shape index (κ1) is 15.0. The second-order valence-corrected chi connectivity index (χ2v) is 8.38. The summed E-state index contributed by atoms with van der Waals surface area (Å²) >= 11 is 0. The highest BCUT2D eigenvalue weighted by atomic mass is 32.2. The Balaban J connectivity index is 1.48. The molecule has 1 atom stereocenters. The van der Waals surface area contributed by atoms with Gasteiger partial charge < -0.3 is 4.57 Å². The molecule has 0 aromatic carbocycles. The van der Waals surface area contributed by atoms with Crippen molar-refractivity contribution in [3.63, 3.8) is 0 Å². The van der Waals surface area contributed by atoms with Crippen LogP contribution in [0.2, 0.25) is 0 Å². The Labute approximate surface area is 127 Å². The van der Waals surface area contributed by atoms with E-state index in [0.29, 0.717) is 24.1 Å². The van der Waals surface area contributed by atoms with Crippen molar-refractivity contribution in [3.05, 3.63) is 18.2 Å². The van der Waals surface area contributed by atoms with Crippen LogP contribution in [0.15, 0.2) is 12.4 Å². The van der Waals surface area contributed by atoms with Crippen LogP contribution in [-0.2, 0) is 23.0 Å². The van der Waals surface area contributed by atoms with Crippen LogP contribution in [0.25, 0.3) is 0 Å². The van der Waals surface area contributed by atoms with Gasteiger partial charge in [-0.1, -0.05) is 19.3 Å². The molecule has 1 aromatic rings. The third kappa shape index (κ3) is 4.07. The van der Waals surface area contributed by atoms with Crippen molar-refractivity contribution in [2.75, 3.05) is 12.3 Å². The Morgan fingerprint density at radius 3 is 2.81 bits per heavy atom. The number of nitrogens with one attached hydrogen (secondary N) is 1. The standard InChI is InChI=1S/C15H25N3O2S/c19-21(20,12-13-4-2-1-3-5-13)17-11-14-6-8-18-9-7-16-15(18)10-14/h7,9,13-14,17H,1-6,8,10-12H2/t14-/m0/s1. The zero-order valence-electron chi connectivity index (χ0n) is 12.5. The lowest BCUT2D eigenvalue weighted by molar-refractivity contribution is 0.372. The number of imidazole rings is 1. The highest BCUT2D eigenvalue weighted by Gasteiger charge is 2.24. The van der Waals surface area contributed by atoms with E-state index >= 15 is 0 Å². The Morgan fingerprint density at radius 2 is 2.00 bits per heavy atom. The first-order valence-electron chi connectivity index (χ1n) is 8.10. The summed E-state index contributed by atoms with van der Waals surface area (Å²) in [5.74, 6) is 2.13. The molecule has 2 aliphatic rings. The molecule has 0 saturated heterocycles. The lowest BCUT2D eigenvalue weighted by Crippen LogP contribution is -2.36. The minimum Gasteiger partial charge on any atom is -0.335 e. The Kier molecular flexibility index (Phi) is 4.64. The topological polar surface area (TPSA) is 64.0 Å². The van der Waals surface area contributed by atoms with Crippen LogP contribution in [0.4, 0.5) is 0 Å². The van der Waals surface area contributed by atoms with E-state index in [-0.39, 0.29) is 0 Å². The normalized spacial score (nSPS) is 23.9. The van der Waals surface area contributed by atoms with Gasteiger partial charge in [-0.3, -0.25) is 0 Å². The zero-order chi connectivity index (χ0) is 14.7. The smallest absolute Gasteiger partial charge is 0.211 e. The second kappa shape index (κ2) is 6.48. The van der Waals surface area contributed by atoms with Gasteiger partial charge >= 0.3 is 0 Å². The molecule has 0 amide bonds. The van der Waals surface area contributed by atoms with E-state index < -0.39 is 10.0 Å². The average Bonchev–Trinajstić information content (AvgIpc) is 2.93. The lowest BCUT2D eigenvalue weighted by atomic mass is 9.91. The van der Waals surface area contributed by atoms with Crippen molar-refractivity contribution in [2.45, 2.75) is 51.5 Å². The first-order valence-corrected chi connectivity index (χ1v) is 9.75. The highest BCUT2D eigenvalue weighted by molar-refractivity contribution is 7.89. The molecule has 21 heavy (non-hydrogen) atoms. The monoisotopic (exact) mass is 311 g/mol. The van der Waals surface area contributed by atoms with E-state index in [0.717, 1.165) is 38.1 Å². The van der Waals surface area contributed by atoms with E-state index in [1.54, 1.807) is 0 Å². The molecule has 0 radical (unpaired) electrons. The van der Waals surface area contributed by atoms with Gasteiger partial charge in [0.05, 0.1) is 5.75 Å². The fourth-order valence-electron chi connectivity index (χ4n) is 3.56. The van der Waals surface area contributed by atoms with Gasteiger partial charge in [0.15, 0.2) is 0 Å². The molecule has 5 nitrogen and oxygen atoms in total. The summed E-state index contributed by atoms with van der Waals surface area (Å²) in [5.41, 5.74) is 0. The number of aromatic nitrogens is 2. The van der Waals surface area contributed by atoms with Crippen LogP contribution >= 0.6 is 0 Å². The quantitative estimate of drug-likeness (QED) is 0.904. The van der Waals surface area contributed by atoms with Gasteiger partial charge in [0.2, 0.25) is 10.0 Å².